The van der Waals surface area contributed by atoms with Crippen molar-refractivity contribution < 1.29 is 14.3 Å². The molecule has 2 rings (SSSR count). The second-order valence-electron chi connectivity index (χ2n) is 4.86. The molecule has 0 bridgehead atoms. The van der Waals surface area contributed by atoms with E-state index in [-0.39, 0.29) is 11.0 Å². The molecule has 0 aliphatic rings. The van der Waals surface area contributed by atoms with Gasteiger partial charge in [0.2, 0.25) is 0 Å². The zero-order valence-electron chi connectivity index (χ0n) is 12.1. The zero-order valence-corrected chi connectivity index (χ0v) is 13.7. The van der Waals surface area contributed by atoms with Crippen LogP contribution in [0.4, 0.5) is 0 Å². The van der Waals surface area contributed by atoms with Gasteiger partial charge in [-0.1, -0.05) is 42.5 Å². The molecule has 0 fully saturated rings. The first-order chi connectivity index (χ1) is 10.7. The molecule has 0 saturated carbocycles. The number of esters is 1. The summed E-state index contributed by atoms with van der Waals surface area (Å²) in [5.74, 6) is -0.368. The van der Waals surface area contributed by atoms with E-state index in [0.717, 1.165) is 17.4 Å². The van der Waals surface area contributed by atoms with Crippen LogP contribution in [0.5, 0.6) is 0 Å². The Hall–Kier alpha value is -1.94. The van der Waals surface area contributed by atoms with E-state index >= 15 is 0 Å². The Morgan fingerprint density at radius 1 is 1.05 bits per heavy atom. The fraction of sp³-hybridized carbons (Fsp3) is 0.222. The molecule has 3 nitrogen and oxygen atoms in total. The van der Waals surface area contributed by atoms with Gasteiger partial charge < -0.3 is 9.53 Å². The Morgan fingerprint density at radius 3 is 2.32 bits per heavy atom. The van der Waals surface area contributed by atoms with E-state index < -0.39 is 0 Å². The SMILES string of the molecule is O=CCCCC(Br)OC(=O)c1ccc(-c2ccccc2)cc1. The van der Waals surface area contributed by atoms with Gasteiger partial charge in [0.1, 0.15) is 6.29 Å². The number of hydrogen-bond donors (Lipinski definition) is 0. The van der Waals surface area contributed by atoms with Crippen molar-refractivity contribution in [3.05, 3.63) is 60.2 Å². The van der Waals surface area contributed by atoms with E-state index in [0.29, 0.717) is 24.8 Å². The predicted molar refractivity (Wildman–Crippen MR) is 89.9 cm³/mol. The lowest BCUT2D eigenvalue weighted by molar-refractivity contribution is -0.107. The molecule has 2 aromatic carbocycles. The van der Waals surface area contributed by atoms with Crippen LogP contribution in [-0.4, -0.2) is 17.3 Å². The summed E-state index contributed by atoms with van der Waals surface area (Å²) in [7, 11) is 0. The van der Waals surface area contributed by atoms with Gasteiger partial charge in [-0.05, 0) is 52.0 Å². The molecule has 2 aromatic rings. The molecule has 1 atom stereocenters. The molecule has 0 saturated heterocycles. The van der Waals surface area contributed by atoms with Gasteiger partial charge in [0, 0.05) is 6.42 Å². The highest BCUT2D eigenvalue weighted by atomic mass is 79.9. The van der Waals surface area contributed by atoms with Crippen LogP contribution in [0.1, 0.15) is 29.6 Å². The van der Waals surface area contributed by atoms with Crippen LogP contribution >= 0.6 is 15.9 Å². The maximum absolute atomic E-state index is 12.0. The Labute approximate surface area is 138 Å². The lowest BCUT2D eigenvalue weighted by Crippen LogP contribution is -2.12. The number of alkyl halides is 1. The topological polar surface area (TPSA) is 43.4 Å². The maximum atomic E-state index is 12.0. The highest BCUT2D eigenvalue weighted by Crippen LogP contribution is 2.20. The fourth-order valence-corrected chi connectivity index (χ4v) is 2.53. The Kier molecular flexibility index (Phi) is 6.34. The van der Waals surface area contributed by atoms with E-state index in [1.165, 1.54) is 0 Å². The number of aldehydes is 1. The minimum Gasteiger partial charge on any atom is -0.447 e. The Balaban J connectivity index is 1.95. The fourth-order valence-electron chi connectivity index (χ4n) is 2.03. The number of carbonyl (C=O) groups excluding carboxylic acids is 2. The van der Waals surface area contributed by atoms with Crippen molar-refractivity contribution >= 4 is 28.2 Å². The number of halogens is 1. The number of unbranched alkanes of at least 4 members (excludes halogenated alkanes) is 1. The molecule has 0 aliphatic carbocycles. The molecule has 0 aliphatic heterocycles. The lowest BCUT2D eigenvalue weighted by Gasteiger charge is -2.11. The molecule has 0 heterocycles. The third-order valence-corrected chi connectivity index (χ3v) is 3.86. The van der Waals surface area contributed by atoms with Gasteiger partial charge in [-0.3, -0.25) is 0 Å². The third-order valence-electron chi connectivity index (χ3n) is 3.22. The van der Waals surface area contributed by atoms with Crippen molar-refractivity contribution in [1.29, 1.82) is 0 Å². The zero-order chi connectivity index (χ0) is 15.8. The predicted octanol–water partition coefficient (Wildman–Crippen LogP) is 4.60. The van der Waals surface area contributed by atoms with Crippen LogP contribution < -0.4 is 0 Å². The summed E-state index contributed by atoms with van der Waals surface area (Å²) in [6, 6.07) is 17.3. The second kappa shape index (κ2) is 8.49. The molecule has 4 heteroatoms. The molecule has 22 heavy (non-hydrogen) atoms. The van der Waals surface area contributed by atoms with Crippen LogP contribution in [0.3, 0.4) is 0 Å². The van der Waals surface area contributed by atoms with Gasteiger partial charge in [-0.2, -0.15) is 0 Å². The highest BCUT2D eigenvalue weighted by Gasteiger charge is 2.13. The smallest absolute Gasteiger partial charge is 0.339 e. The van der Waals surface area contributed by atoms with Gasteiger partial charge in [-0.25, -0.2) is 4.79 Å². The summed E-state index contributed by atoms with van der Waals surface area (Å²) in [5.41, 5.74) is 2.67. The van der Waals surface area contributed by atoms with Gasteiger partial charge in [0.25, 0.3) is 0 Å². The van der Waals surface area contributed by atoms with Gasteiger partial charge in [-0.15, -0.1) is 0 Å². The summed E-state index contributed by atoms with van der Waals surface area (Å²) in [6.07, 6.45) is 2.65. The summed E-state index contributed by atoms with van der Waals surface area (Å²) in [4.78, 5) is 22.3. The first-order valence-electron chi connectivity index (χ1n) is 7.15. The lowest BCUT2D eigenvalue weighted by atomic mass is 10.0. The van der Waals surface area contributed by atoms with Crippen LogP contribution in [0.25, 0.3) is 11.1 Å². The molecule has 0 spiro atoms. The number of carbonyl (C=O) groups is 2. The van der Waals surface area contributed by atoms with Crippen LogP contribution in [0.15, 0.2) is 54.6 Å². The molecule has 0 amide bonds. The molecule has 114 valence electrons. The minimum atomic E-state index is -0.368. The average molecular weight is 361 g/mol. The summed E-state index contributed by atoms with van der Waals surface area (Å²) in [6.45, 7) is 0. The van der Waals surface area contributed by atoms with Crippen molar-refractivity contribution in [1.82, 2.24) is 0 Å². The van der Waals surface area contributed by atoms with Gasteiger partial charge in [0.15, 0.2) is 5.01 Å². The molecule has 0 N–H and O–H groups in total. The van der Waals surface area contributed by atoms with Crippen molar-refractivity contribution in [2.24, 2.45) is 0 Å². The number of hydrogen-bond acceptors (Lipinski definition) is 3. The van der Waals surface area contributed by atoms with Crippen molar-refractivity contribution in [2.75, 3.05) is 0 Å². The number of rotatable bonds is 7. The molecule has 0 radical (unpaired) electrons. The first kappa shape index (κ1) is 16.4. The van der Waals surface area contributed by atoms with E-state index in [9.17, 15) is 9.59 Å². The van der Waals surface area contributed by atoms with E-state index in [2.05, 4.69) is 15.9 Å². The van der Waals surface area contributed by atoms with Gasteiger partial charge >= 0.3 is 5.97 Å². The number of benzene rings is 2. The normalized spacial score (nSPS) is 11.7. The first-order valence-corrected chi connectivity index (χ1v) is 8.06. The maximum Gasteiger partial charge on any atom is 0.339 e. The van der Waals surface area contributed by atoms with Crippen molar-refractivity contribution in [3.63, 3.8) is 0 Å². The summed E-state index contributed by atoms with van der Waals surface area (Å²) < 4.78 is 5.29. The molecule has 0 aromatic heterocycles. The number of ether oxygens (including phenoxy) is 1. The molecular formula is C18H17BrO3. The standard InChI is InChI=1S/C18H17BrO3/c19-17(8-4-5-13-20)22-18(21)16-11-9-15(10-12-16)14-6-2-1-3-7-14/h1-3,6-7,9-13,17H,4-5,8H2. The third kappa shape index (κ3) is 4.81. The van der Waals surface area contributed by atoms with Crippen molar-refractivity contribution in [2.45, 2.75) is 24.3 Å². The summed E-state index contributed by atoms with van der Waals surface area (Å²) in [5, 5.41) is -0.367. The van der Waals surface area contributed by atoms with Gasteiger partial charge in [0.05, 0.1) is 5.56 Å². The minimum absolute atomic E-state index is 0.367. The summed E-state index contributed by atoms with van der Waals surface area (Å²) >= 11 is 3.30. The van der Waals surface area contributed by atoms with E-state index in [1.807, 2.05) is 42.5 Å². The Bertz CT molecular complexity index is 608. The van der Waals surface area contributed by atoms with Crippen LogP contribution in [-0.2, 0) is 9.53 Å². The molecule has 1 unspecified atom stereocenters. The monoisotopic (exact) mass is 360 g/mol. The average Bonchev–Trinajstić information content (AvgIpc) is 2.56. The van der Waals surface area contributed by atoms with E-state index in [1.54, 1.807) is 12.1 Å². The van der Waals surface area contributed by atoms with Crippen LogP contribution in [0.2, 0.25) is 0 Å². The van der Waals surface area contributed by atoms with E-state index in [4.69, 9.17) is 4.74 Å². The van der Waals surface area contributed by atoms with Crippen LogP contribution in [0, 0.1) is 0 Å². The molecular weight excluding hydrogens is 344 g/mol. The second-order valence-corrected chi connectivity index (χ2v) is 5.88. The highest BCUT2D eigenvalue weighted by molar-refractivity contribution is 9.09. The Morgan fingerprint density at radius 2 is 1.68 bits per heavy atom. The van der Waals surface area contributed by atoms with Crippen molar-refractivity contribution in [3.8, 4) is 11.1 Å². The largest absolute Gasteiger partial charge is 0.447 e. The quantitative estimate of drug-likeness (QED) is 0.313.